The molecule has 1 aromatic rings. The molecule has 88 valence electrons. The molecule has 0 radical (unpaired) electrons. The molecule has 1 aromatic heterocycles. The number of carbonyl (C=O) groups is 1. The first-order valence-corrected chi connectivity index (χ1v) is 6.42. The molecule has 2 rings (SSSR count). The third-order valence-electron chi connectivity index (χ3n) is 3.51. The molecule has 0 aliphatic heterocycles. The maximum Gasteiger partial charge on any atom is 0.314 e. The van der Waals surface area contributed by atoms with Crippen molar-refractivity contribution in [3.05, 3.63) is 21.9 Å². The van der Waals surface area contributed by atoms with E-state index in [4.69, 9.17) is 5.73 Å². The highest BCUT2D eigenvalue weighted by Crippen LogP contribution is 2.42. The summed E-state index contributed by atoms with van der Waals surface area (Å²) in [6.45, 7) is 2.01. The number of aryl methyl sites for hydroxylation is 1. The number of carboxylic acids is 1. The van der Waals surface area contributed by atoms with Gasteiger partial charge in [0.1, 0.15) is 5.41 Å². The Hall–Kier alpha value is -0.870. The number of nitrogens with two attached hydrogens (primary N) is 1. The fraction of sp³-hybridized carbons (Fsp3) is 0.583. The third kappa shape index (κ3) is 1.87. The molecule has 4 heteroatoms. The average Bonchev–Trinajstić information content (AvgIpc) is 2.66. The van der Waals surface area contributed by atoms with Crippen LogP contribution in [0.15, 0.2) is 12.1 Å². The predicted molar refractivity (Wildman–Crippen MR) is 64.8 cm³/mol. The lowest BCUT2D eigenvalue weighted by atomic mass is 9.71. The molecule has 16 heavy (non-hydrogen) atoms. The zero-order valence-corrected chi connectivity index (χ0v) is 10.2. The van der Waals surface area contributed by atoms with E-state index in [9.17, 15) is 9.90 Å². The number of rotatable bonds is 2. The minimum atomic E-state index is -0.693. The molecule has 1 aliphatic carbocycles. The molecule has 0 atom stereocenters. The second kappa shape index (κ2) is 4.18. The van der Waals surface area contributed by atoms with Gasteiger partial charge in [0.25, 0.3) is 0 Å². The van der Waals surface area contributed by atoms with Crippen molar-refractivity contribution >= 4 is 17.3 Å². The van der Waals surface area contributed by atoms with Crippen LogP contribution in [-0.2, 0) is 10.2 Å². The van der Waals surface area contributed by atoms with Crippen LogP contribution < -0.4 is 5.73 Å². The lowest BCUT2D eigenvalue weighted by Crippen LogP contribution is -2.42. The van der Waals surface area contributed by atoms with Crippen LogP contribution in [-0.4, -0.2) is 17.1 Å². The Kier molecular flexibility index (Phi) is 3.04. The van der Waals surface area contributed by atoms with E-state index in [2.05, 4.69) is 0 Å². The fourth-order valence-electron chi connectivity index (χ4n) is 2.39. The summed E-state index contributed by atoms with van der Waals surface area (Å²) in [7, 11) is 0. The van der Waals surface area contributed by atoms with Crippen molar-refractivity contribution in [1.82, 2.24) is 0 Å². The van der Waals surface area contributed by atoms with E-state index in [1.54, 1.807) is 11.3 Å². The number of thiophene rings is 1. The van der Waals surface area contributed by atoms with Gasteiger partial charge in [-0.3, -0.25) is 4.79 Å². The first kappa shape index (κ1) is 11.6. The van der Waals surface area contributed by atoms with Gasteiger partial charge in [0.05, 0.1) is 0 Å². The summed E-state index contributed by atoms with van der Waals surface area (Å²) in [6.07, 6.45) is 2.96. The van der Waals surface area contributed by atoms with Crippen LogP contribution in [0, 0.1) is 6.92 Å². The molecule has 0 aromatic carbocycles. The van der Waals surface area contributed by atoms with Gasteiger partial charge in [-0.25, -0.2) is 0 Å². The highest BCUT2D eigenvalue weighted by Gasteiger charge is 2.43. The molecule has 1 saturated carbocycles. The summed E-state index contributed by atoms with van der Waals surface area (Å²) in [4.78, 5) is 13.7. The van der Waals surface area contributed by atoms with Crippen LogP contribution in [0.5, 0.6) is 0 Å². The number of aliphatic carboxylic acids is 1. The second-order valence-electron chi connectivity index (χ2n) is 4.63. The smallest absolute Gasteiger partial charge is 0.314 e. The van der Waals surface area contributed by atoms with E-state index >= 15 is 0 Å². The minimum Gasteiger partial charge on any atom is -0.481 e. The minimum absolute atomic E-state index is 0.175. The molecule has 1 fully saturated rings. The van der Waals surface area contributed by atoms with E-state index in [0.717, 1.165) is 17.7 Å². The van der Waals surface area contributed by atoms with Gasteiger partial charge in [0.15, 0.2) is 0 Å². The predicted octanol–water partition coefficient (Wildman–Crippen LogP) is 2.28. The van der Waals surface area contributed by atoms with E-state index in [-0.39, 0.29) is 6.04 Å². The Labute approximate surface area is 99.3 Å². The zero-order valence-electron chi connectivity index (χ0n) is 9.40. The molecule has 1 aliphatic rings. The molecule has 0 bridgehead atoms. The van der Waals surface area contributed by atoms with Gasteiger partial charge < -0.3 is 10.8 Å². The van der Waals surface area contributed by atoms with Gasteiger partial charge in [0.2, 0.25) is 0 Å². The van der Waals surface area contributed by atoms with E-state index in [1.807, 2.05) is 19.1 Å². The molecular formula is C12H17NO2S. The van der Waals surface area contributed by atoms with Gasteiger partial charge in [-0.2, -0.15) is 0 Å². The topological polar surface area (TPSA) is 63.3 Å². The van der Waals surface area contributed by atoms with Crippen molar-refractivity contribution in [3.63, 3.8) is 0 Å². The molecule has 0 spiro atoms. The average molecular weight is 239 g/mol. The summed E-state index contributed by atoms with van der Waals surface area (Å²) in [6, 6.07) is 4.14. The van der Waals surface area contributed by atoms with E-state index < -0.39 is 11.4 Å². The van der Waals surface area contributed by atoms with Crippen LogP contribution in [0.3, 0.4) is 0 Å². The van der Waals surface area contributed by atoms with Crippen LogP contribution in [0.2, 0.25) is 0 Å². The highest BCUT2D eigenvalue weighted by molar-refractivity contribution is 7.12. The first-order chi connectivity index (χ1) is 7.54. The number of hydrogen-bond acceptors (Lipinski definition) is 3. The van der Waals surface area contributed by atoms with Crippen LogP contribution in [0.25, 0.3) is 0 Å². The normalized spacial score (nSPS) is 30.2. The Balaban J connectivity index is 2.33. The number of carboxylic acid groups (broad SMARTS) is 1. The standard InChI is InChI=1S/C12H17NO2S/c1-8-2-3-10(16-8)12(11(14)15)6-4-9(13)5-7-12/h2-3,9H,4-7,13H2,1H3,(H,14,15). The lowest BCUT2D eigenvalue weighted by molar-refractivity contribution is -0.145. The summed E-state index contributed by atoms with van der Waals surface area (Å²) < 4.78 is 0. The van der Waals surface area contributed by atoms with Crippen molar-refractivity contribution in [2.45, 2.75) is 44.1 Å². The summed E-state index contributed by atoms with van der Waals surface area (Å²) in [5.41, 5.74) is 5.18. The molecule has 0 unspecified atom stereocenters. The zero-order chi connectivity index (χ0) is 11.8. The molecule has 0 saturated heterocycles. The van der Waals surface area contributed by atoms with Crippen LogP contribution in [0.4, 0.5) is 0 Å². The van der Waals surface area contributed by atoms with Crippen molar-refractivity contribution in [2.24, 2.45) is 5.73 Å². The highest BCUT2D eigenvalue weighted by atomic mass is 32.1. The quantitative estimate of drug-likeness (QED) is 0.832. The third-order valence-corrected chi connectivity index (χ3v) is 4.71. The summed E-state index contributed by atoms with van der Waals surface area (Å²) in [5.74, 6) is -0.693. The lowest BCUT2D eigenvalue weighted by Gasteiger charge is -2.34. The molecule has 0 amide bonds. The molecule has 3 N–H and O–H groups in total. The van der Waals surface area contributed by atoms with E-state index in [0.29, 0.717) is 12.8 Å². The maximum absolute atomic E-state index is 11.6. The summed E-state index contributed by atoms with van der Waals surface area (Å²) in [5, 5.41) is 9.50. The maximum atomic E-state index is 11.6. The molecule has 3 nitrogen and oxygen atoms in total. The van der Waals surface area contributed by atoms with Crippen LogP contribution in [0.1, 0.15) is 35.4 Å². The Morgan fingerprint density at radius 3 is 2.56 bits per heavy atom. The Morgan fingerprint density at radius 1 is 1.50 bits per heavy atom. The van der Waals surface area contributed by atoms with Gasteiger partial charge in [-0.1, -0.05) is 0 Å². The van der Waals surface area contributed by atoms with Crippen molar-refractivity contribution in [3.8, 4) is 0 Å². The van der Waals surface area contributed by atoms with Crippen molar-refractivity contribution in [1.29, 1.82) is 0 Å². The summed E-state index contributed by atoms with van der Waals surface area (Å²) >= 11 is 1.60. The van der Waals surface area contributed by atoms with Gasteiger partial charge in [-0.15, -0.1) is 11.3 Å². The fourth-order valence-corrected chi connectivity index (χ4v) is 3.50. The Bertz CT molecular complexity index is 391. The largest absolute Gasteiger partial charge is 0.481 e. The molecular weight excluding hydrogens is 222 g/mol. The molecule has 1 heterocycles. The number of hydrogen-bond donors (Lipinski definition) is 2. The van der Waals surface area contributed by atoms with Gasteiger partial charge >= 0.3 is 5.97 Å². The monoisotopic (exact) mass is 239 g/mol. The van der Waals surface area contributed by atoms with Crippen LogP contribution >= 0.6 is 11.3 Å². The van der Waals surface area contributed by atoms with E-state index in [1.165, 1.54) is 4.88 Å². The van der Waals surface area contributed by atoms with Crippen molar-refractivity contribution < 1.29 is 9.90 Å². The SMILES string of the molecule is Cc1ccc(C2(C(=O)O)CCC(N)CC2)s1. The van der Waals surface area contributed by atoms with Gasteiger partial charge in [-0.05, 0) is 44.7 Å². The first-order valence-electron chi connectivity index (χ1n) is 5.60. The second-order valence-corrected chi connectivity index (χ2v) is 5.92. The van der Waals surface area contributed by atoms with Crippen molar-refractivity contribution in [2.75, 3.05) is 0 Å². The van der Waals surface area contributed by atoms with Gasteiger partial charge in [0, 0.05) is 15.8 Å². The Morgan fingerprint density at radius 2 is 2.12 bits per heavy atom.